The third kappa shape index (κ3) is 4.72. The van der Waals surface area contributed by atoms with Crippen molar-refractivity contribution >= 4 is 39.6 Å². The Morgan fingerprint density at radius 1 is 1.11 bits per heavy atom. The molecule has 3 aromatic rings. The Morgan fingerprint density at radius 2 is 1.86 bits per heavy atom. The van der Waals surface area contributed by atoms with Gasteiger partial charge >= 0.3 is 0 Å². The number of pyridine rings is 1. The standard InChI is InChI=1S/C20H17BrN4O3/c1-12-9-16(28-13(12)2)11-23-25-20(27)17-10-15(21)3-4-18(17)24-19(26)14-5-7-22-8-6-14/h3-11H,1-2H3,(H,24,26)(H,25,27). The molecule has 0 radical (unpaired) electrons. The van der Waals surface area contributed by atoms with Crippen molar-refractivity contribution < 1.29 is 14.0 Å². The number of rotatable bonds is 5. The number of furan rings is 1. The Bertz CT molecular complexity index is 1030. The topological polar surface area (TPSA) is 96.6 Å². The van der Waals surface area contributed by atoms with Crippen LogP contribution >= 0.6 is 15.9 Å². The van der Waals surface area contributed by atoms with E-state index < -0.39 is 5.91 Å². The molecule has 7 nitrogen and oxygen atoms in total. The Kier molecular flexibility index (Phi) is 6.00. The van der Waals surface area contributed by atoms with Gasteiger partial charge in [-0.2, -0.15) is 5.10 Å². The molecule has 28 heavy (non-hydrogen) atoms. The van der Waals surface area contributed by atoms with Crippen molar-refractivity contribution in [3.63, 3.8) is 0 Å². The van der Waals surface area contributed by atoms with Crippen LogP contribution in [-0.4, -0.2) is 23.0 Å². The normalized spacial score (nSPS) is 10.8. The number of hydrazone groups is 1. The molecule has 0 spiro atoms. The Labute approximate surface area is 170 Å². The number of aryl methyl sites for hydroxylation is 2. The molecular weight excluding hydrogens is 424 g/mol. The maximum atomic E-state index is 12.6. The summed E-state index contributed by atoms with van der Waals surface area (Å²) in [6.45, 7) is 3.78. The lowest BCUT2D eigenvalue weighted by atomic mass is 10.1. The number of hydrogen-bond acceptors (Lipinski definition) is 5. The highest BCUT2D eigenvalue weighted by Gasteiger charge is 2.15. The Balaban J connectivity index is 1.76. The van der Waals surface area contributed by atoms with Crippen molar-refractivity contribution in [3.05, 3.63) is 81.5 Å². The van der Waals surface area contributed by atoms with E-state index in [2.05, 4.69) is 36.8 Å². The van der Waals surface area contributed by atoms with E-state index in [1.807, 2.05) is 19.9 Å². The van der Waals surface area contributed by atoms with E-state index in [-0.39, 0.29) is 11.5 Å². The van der Waals surface area contributed by atoms with Gasteiger partial charge in [0.15, 0.2) is 0 Å². The van der Waals surface area contributed by atoms with Crippen LogP contribution in [0.3, 0.4) is 0 Å². The second kappa shape index (κ2) is 8.62. The van der Waals surface area contributed by atoms with E-state index in [4.69, 9.17) is 4.42 Å². The van der Waals surface area contributed by atoms with Gasteiger partial charge in [-0.05, 0) is 55.8 Å². The number of benzene rings is 1. The van der Waals surface area contributed by atoms with Crippen LogP contribution in [0.15, 0.2) is 62.8 Å². The van der Waals surface area contributed by atoms with Gasteiger partial charge in [0.05, 0.1) is 17.5 Å². The number of nitrogens with zero attached hydrogens (tertiary/aromatic N) is 2. The monoisotopic (exact) mass is 440 g/mol. The fraction of sp³-hybridized carbons (Fsp3) is 0.100. The summed E-state index contributed by atoms with van der Waals surface area (Å²) < 4.78 is 6.17. The van der Waals surface area contributed by atoms with Crippen molar-refractivity contribution in [1.29, 1.82) is 0 Å². The number of anilines is 1. The Hall–Kier alpha value is -3.26. The highest BCUT2D eigenvalue weighted by molar-refractivity contribution is 9.10. The SMILES string of the molecule is Cc1cc(C=NNC(=O)c2cc(Br)ccc2NC(=O)c2ccncc2)oc1C. The van der Waals surface area contributed by atoms with E-state index in [0.29, 0.717) is 21.5 Å². The van der Waals surface area contributed by atoms with E-state index in [1.54, 1.807) is 30.3 Å². The lowest BCUT2D eigenvalue weighted by molar-refractivity contribution is 0.0956. The van der Waals surface area contributed by atoms with E-state index in [1.165, 1.54) is 18.6 Å². The number of carbonyl (C=O) groups is 2. The minimum Gasteiger partial charge on any atom is -0.460 e. The second-order valence-electron chi connectivity index (χ2n) is 5.97. The van der Waals surface area contributed by atoms with Gasteiger partial charge in [-0.1, -0.05) is 15.9 Å². The van der Waals surface area contributed by atoms with Crippen LogP contribution in [0.1, 0.15) is 37.8 Å². The maximum Gasteiger partial charge on any atom is 0.273 e. The smallest absolute Gasteiger partial charge is 0.273 e. The van der Waals surface area contributed by atoms with Crippen molar-refractivity contribution in [3.8, 4) is 0 Å². The number of aromatic nitrogens is 1. The second-order valence-corrected chi connectivity index (χ2v) is 6.88. The first kappa shape index (κ1) is 19.5. The van der Waals surface area contributed by atoms with Gasteiger partial charge in [-0.3, -0.25) is 14.6 Å². The van der Waals surface area contributed by atoms with Crippen LogP contribution in [0.25, 0.3) is 0 Å². The largest absolute Gasteiger partial charge is 0.460 e. The predicted octanol–water partition coefficient (Wildman–Crippen LogP) is 4.07. The average Bonchev–Trinajstić information content (AvgIpc) is 3.01. The predicted molar refractivity (Wildman–Crippen MR) is 110 cm³/mol. The molecule has 2 N–H and O–H groups in total. The van der Waals surface area contributed by atoms with E-state index >= 15 is 0 Å². The third-order valence-corrected chi connectivity index (χ3v) is 4.45. The van der Waals surface area contributed by atoms with Crippen molar-refractivity contribution in [2.45, 2.75) is 13.8 Å². The van der Waals surface area contributed by atoms with Crippen LogP contribution in [0.2, 0.25) is 0 Å². The van der Waals surface area contributed by atoms with Gasteiger partial charge in [-0.15, -0.1) is 0 Å². The molecule has 0 fully saturated rings. The van der Waals surface area contributed by atoms with E-state index in [9.17, 15) is 9.59 Å². The zero-order valence-corrected chi connectivity index (χ0v) is 16.8. The van der Waals surface area contributed by atoms with Gasteiger partial charge in [0.25, 0.3) is 11.8 Å². The molecule has 142 valence electrons. The summed E-state index contributed by atoms with van der Waals surface area (Å²) in [6, 6.07) is 9.98. The summed E-state index contributed by atoms with van der Waals surface area (Å²) in [5.74, 6) is 0.517. The molecular formula is C20H17BrN4O3. The highest BCUT2D eigenvalue weighted by atomic mass is 79.9. The lowest BCUT2D eigenvalue weighted by Crippen LogP contribution is -2.21. The summed E-state index contributed by atoms with van der Waals surface area (Å²) in [5, 5.41) is 6.66. The zero-order chi connectivity index (χ0) is 20.1. The van der Waals surface area contributed by atoms with Crippen LogP contribution in [-0.2, 0) is 0 Å². The van der Waals surface area contributed by atoms with Gasteiger partial charge in [0.1, 0.15) is 11.5 Å². The molecule has 2 aromatic heterocycles. The maximum absolute atomic E-state index is 12.6. The molecule has 0 aliphatic heterocycles. The van der Waals surface area contributed by atoms with Crippen LogP contribution in [0.5, 0.6) is 0 Å². The first-order chi connectivity index (χ1) is 13.4. The number of halogens is 1. The van der Waals surface area contributed by atoms with Crippen molar-refractivity contribution in [2.24, 2.45) is 5.10 Å². The molecule has 2 amide bonds. The molecule has 8 heteroatoms. The summed E-state index contributed by atoms with van der Waals surface area (Å²) in [6.07, 6.45) is 4.47. The summed E-state index contributed by atoms with van der Waals surface area (Å²) in [5.41, 5.74) is 4.51. The summed E-state index contributed by atoms with van der Waals surface area (Å²) >= 11 is 3.34. The van der Waals surface area contributed by atoms with Crippen LogP contribution in [0, 0.1) is 13.8 Å². The molecule has 0 saturated heterocycles. The fourth-order valence-electron chi connectivity index (χ4n) is 2.39. The van der Waals surface area contributed by atoms with Gasteiger partial charge in [0.2, 0.25) is 0 Å². The van der Waals surface area contributed by atoms with Gasteiger partial charge in [0, 0.05) is 22.4 Å². The highest BCUT2D eigenvalue weighted by Crippen LogP contribution is 2.22. The van der Waals surface area contributed by atoms with Gasteiger partial charge in [-0.25, -0.2) is 5.43 Å². The molecule has 0 bridgehead atoms. The average molecular weight is 441 g/mol. The molecule has 0 saturated carbocycles. The van der Waals surface area contributed by atoms with Crippen molar-refractivity contribution in [2.75, 3.05) is 5.32 Å². The number of carbonyl (C=O) groups excluding carboxylic acids is 2. The molecule has 0 aliphatic carbocycles. The van der Waals surface area contributed by atoms with E-state index in [0.717, 1.165) is 11.3 Å². The third-order valence-electron chi connectivity index (χ3n) is 3.96. The minimum absolute atomic E-state index is 0.265. The first-order valence-corrected chi connectivity index (χ1v) is 9.14. The number of nitrogens with one attached hydrogen (secondary N) is 2. The molecule has 0 atom stereocenters. The Morgan fingerprint density at radius 3 is 2.54 bits per heavy atom. The molecule has 3 rings (SSSR count). The summed E-state index contributed by atoms with van der Waals surface area (Å²) in [7, 11) is 0. The molecule has 2 heterocycles. The molecule has 0 unspecified atom stereocenters. The zero-order valence-electron chi connectivity index (χ0n) is 15.2. The summed E-state index contributed by atoms with van der Waals surface area (Å²) in [4.78, 5) is 28.8. The minimum atomic E-state index is -0.470. The van der Waals surface area contributed by atoms with Gasteiger partial charge < -0.3 is 9.73 Å². The molecule has 0 aliphatic rings. The lowest BCUT2D eigenvalue weighted by Gasteiger charge is -2.10. The quantitative estimate of drug-likeness (QED) is 0.461. The van der Waals surface area contributed by atoms with Crippen molar-refractivity contribution in [1.82, 2.24) is 10.4 Å². The number of hydrogen-bond donors (Lipinski definition) is 2. The first-order valence-electron chi connectivity index (χ1n) is 8.35. The van der Waals surface area contributed by atoms with Crippen LogP contribution < -0.4 is 10.7 Å². The number of amides is 2. The fourth-order valence-corrected chi connectivity index (χ4v) is 2.75. The van der Waals surface area contributed by atoms with Crippen LogP contribution in [0.4, 0.5) is 5.69 Å². The molecule has 1 aromatic carbocycles.